The highest BCUT2D eigenvalue weighted by atomic mass is 16.4. The van der Waals surface area contributed by atoms with Gasteiger partial charge in [0, 0.05) is 55.8 Å². The van der Waals surface area contributed by atoms with E-state index >= 15 is 0 Å². The molecule has 1 aromatic carbocycles. The average Bonchev–Trinajstić information content (AvgIpc) is 3.49. The first-order valence-corrected chi connectivity index (χ1v) is 16.1. The number of rotatable bonds is 16. The molecule has 0 aliphatic heterocycles. The summed E-state index contributed by atoms with van der Waals surface area (Å²) in [6.07, 6.45) is 9.47. The molecule has 0 fully saturated rings. The van der Waals surface area contributed by atoms with Gasteiger partial charge in [-0.05, 0) is 24.8 Å². The van der Waals surface area contributed by atoms with Gasteiger partial charge >= 0.3 is 11.9 Å². The van der Waals surface area contributed by atoms with Crippen LogP contribution in [0.4, 0.5) is 0 Å². The summed E-state index contributed by atoms with van der Waals surface area (Å²) in [5.74, 6) is -0.786. The Labute approximate surface area is 275 Å². The SMILES string of the molecule is CC(C)C(=O)C(N)CCC(=O)O.CC(C)C(=O)CC1=CC=CC1.CC(C)C(=O)CCCC(=O)O.CC(C)C(=O)Cc1ccccc1. The zero-order valence-corrected chi connectivity index (χ0v) is 29.1. The highest BCUT2D eigenvalue weighted by molar-refractivity contribution is 5.86. The second-order valence-electron chi connectivity index (χ2n) is 12.5. The van der Waals surface area contributed by atoms with E-state index in [0.717, 1.165) is 12.0 Å². The van der Waals surface area contributed by atoms with Gasteiger partial charge < -0.3 is 15.9 Å². The molecule has 0 bridgehead atoms. The molecule has 0 spiro atoms. The van der Waals surface area contributed by atoms with Crippen molar-refractivity contribution in [2.24, 2.45) is 29.4 Å². The lowest BCUT2D eigenvalue weighted by Gasteiger charge is -2.10. The van der Waals surface area contributed by atoms with Gasteiger partial charge in [-0.1, -0.05) is 110 Å². The summed E-state index contributed by atoms with van der Waals surface area (Å²) >= 11 is 0. The first kappa shape index (κ1) is 44.4. The van der Waals surface area contributed by atoms with Crippen LogP contribution in [0.5, 0.6) is 0 Å². The fourth-order valence-corrected chi connectivity index (χ4v) is 3.60. The second kappa shape index (κ2) is 25.5. The smallest absolute Gasteiger partial charge is 0.303 e. The molecule has 1 aromatic rings. The molecule has 9 heteroatoms. The number of benzene rings is 1. The zero-order valence-electron chi connectivity index (χ0n) is 29.1. The van der Waals surface area contributed by atoms with E-state index < -0.39 is 18.0 Å². The van der Waals surface area contributed by atoms with Crippen molar-refractivity contribution >= 4 is 35.1 Å². The Morgan fingerprint density at radius 1 is 0.674 bits per heavy atom. The number of aliphatic carboxylic acids is 2. The molecule has 258 valence electrons. The number of carbonyl (C=O) groups is 6. The molecule has 0 radical (unpaired) electrons. The molecule has 1 aliphatic carbocycles. The topological polar surface area (TPSA) is 169 Å². The van der Waals surface area contributed by atoms with Gasteiger partial charge in [-0.15, -0.1) is 0 Å². The maximum Gasteiger partial charge on any atom is 0.303 e. The molecule has 9 nitrogen and oxygen atoms in total. The summed E-state index contributed by atoms with van der Waals surface area (Å²) < 4.78 is 0. The summed E-state index contributed by atoms with van der Waals surface area (Å²) in [5, 5.41) is 16.6. The van der Waals surface area contributed by atoms with Crippen LogP contribution in [-0.4, -0.2) is 51.3 Å². The maximum atomic E-state index is 11.3. The van der Waals surface area contributed by atoms with E-state index in [1.807, 2.05) is 84.0 Å². The van der Waals surface area contributed by atoms with Crippen LogP contribution < -0.4 is 5.73 Å². The molecule has 4 N–H and O–H groups in total. The van der Waals surface area contributed by atoms with Crippen molar-refractivity contribution < 1.29 is 39.0 Å². The third-order valence-electron chi connectivity index (χ3n) is 6.82. The fraction of sp³-hybridized carbons (Fsp3) is 0.568. The lowest BCUT2D eigenvalue weighted by Crippen LogP contribution is -2.34. The monoisotopic (exact) mass is 643 g/mol. The van der Waals surface area contributed by atoms with Crippen molar-refractivity contribution in [2.45, 2.75) is 113 Å². The summed E-state index contributed by atoms with van der Waals surface area (Å²) in [6, 6.07) is 9.23. The Kier molecular flexibility index (Phi) is 24.6. The second-order valence-corrected chi connectivity index (χ2v) is 12.5. The van der Waals surface area contributed by atoms with Crippen LogP contribution in [-0.2, 0) is 35.2 Å². The molecule has 1 aliphatic rings. The zero-order chi connectivity index (χ0) is 35.8. The van der Waals surface area contributed by atoms with E-state index in [0.29, 0.717) is 37.2 Å². The van der Waals surface area contributed by atoms with Crippen LogP contribution in [0.3, 0.4) is 0 Å². The first-order valence-electron chi connectivity index (χ1n) is 16.1. The van der Waals surface area contributed by atoms with E-state index in [2.05, 4.69) is 6.08 Å². The lowest BCUT2D eigenvalue weighted by atomic mass is 9.99. The third kappa shape index (κ3) is 24.6. The standard InChI is InChI=1S/C11H14O.C10H14O.C8H15NO3.C8H14O3/c1-9(2)11(12)8-10-6-4-3-5-7-10;1-8(2)10(11)7-9-5-3-4-6-9;1-5(2)8(12)6(9)3-4-7(10)11;1-6(2)7(9)4-3-5-8(10)11/h3-7,9H,8H2,1-2H3;3-5,8H,6-7H2,1-2H3;5-6H,3-4,9H2,1-2H3,(H,10,11);6H,3-5H2,1-2H3,(H,10,11). The molecule has 2 rings (SSSR count). The Hall–Kier alpha value is -3.72. The normalized spacial score (nSPS) is 12.2. The first-order chi connectivity index (χ1) is 21.4. The van der Waals surface area contributed by atoms with Crippen molar-refractivity contribution in [2.75, 3.05) is 0 Å². The van der Waals surface area contributed by atoms with E-state index in [-0.39, 0.29) is 54.5 Å². The number of hydrogen-bond donors (Lipinski definition) is 3. The Balaban J connectivity index is 0. The van der Waals surface area contributed by atoms with Gasteiger partial charge in [-0.25, -0.2) is 0 Å². The molecule has 0 saturated heterocycles. The largest absolute Gasteiger partial charge is 0.481 e. The molecular weight excluding hydrogens is 586 g/mol. The summed E-state index contributed by atoms with van der Waals surface area (Å²) in [7, 11) is 0. The molecule has 0 aromatic heterocycles. The summed E-state index contributed by atoms with van der Waals surface area (Å²) in [5.41, 5.74) is 7.81. The van der Waals surface area contributed by atoms with Gasteiger partial charge in [0.05, 0.1) is 6.04 Å². The molecule has 46 heavy (non-hydrogen) atoms. The molecule has 0 saturated carbocycles. The van der Waals surface area contributed by atoms with Crippen LogP contribution in [0.1, 0.15) is 106 Å². The van der Waals surface area contributed by atoms with E-state index in [9.17, 15) is 28.8 Å². The van der Waals surface area contributed by atoms with Gasteiger partial charge in [-0.3, -0.25) is 28.8 Å². The molecule has 1 unspecified atom stereocenters. The molecular formula is C37H57NO8. The molecule has 0 amide bonds. The minimum Gasteiger partial charge on any atom is -0.481 e. The van der Waals surface area contributed by atoms with Crippen molar-refractivity contribution in [3.63, 3.8) is 0 Å². The van der Waals surface area contributed by atoms with E-state index in [4.69, 9.17) is 15.9 Å². The Morgan fingerprint density at radius 3 is 1.59 bits per heavy atom. The number of allylic oxidation sites excluding steroid dienone is 4. The van der Waals surface area contributed by atoms with Crippen LogP contribution in [0, 0.1) is 23.7 Å². The Morgan fingerprint density at radius 2 is 1.17 bits per heavy atom. The highest BCUT2D eigenvalue weighted by Gasteiger charge is 2.17. The van der Waals surface area contributed by atoms with Crippen molar-refractivity contribution in [1.82, 2.24) is 0 Å². The van der Waals surface area contributed by atoms with Gasteiger partial charge in [-0.2, -0.15) is 0 Å². The number of hydrogen-bond acceptors (Lipinski definition) is 7. The average molecular weight is 644 g/mol. The maximum absolute atomic E-state index is 11.3. The summed E-state index contributed by atoms with van der Waals surface area (Å²) in [4.78, 5) is 64.8. The number of carbonyl (C=O) groups excluding carboxylic acids is 4. The lowest BCUT2D eigenvalue weighted by molar-refractivity contribution is -0.138. The van der Waals surface area contributed by atoms with Gasteiger partial charge in [0.2, 0.25) is 0 Å². The molecule has 1 atom stereocenters. The quantitative estimate of drug-likeness (QED) is 0.175. The van der Waals surface area contributed by atoms with Crippen LogP contribution in [0.15, 0.2) is 54.1 Å². The minimum atomic E-state index is -0.915. The number of carboxylic acid groups (broad SMARTS) is 2. The van der Waals surface area contributed by atoms with E-state index in [1.165, 1.54) is 5.57 Å². The number of ketones is 4. The Bertz CT molecular complexity index is 1150. The third-order valence-corrected chi connectivity index (χ3v) is 6.82. The van der Waals surface area contributed by atoms with Crippen molar-refractivity contribution in [1.29, 1.82) is 0 Å². The molecule has 0 heterocycles. The number of carboxylic acids is 2. The highest BCUT2D eigenvalue weighted by Crippen LogP contribution is 2.16. The van der Waals surface area contributed by atoms with Crippen molar-refractivity contribution in [3.8, 4) is 0 Å². The predicted molar refractivity (Wildman–Crippen MR) is 182 cm³/mol. The fourth-order valence-electron chi connectivity index (χ4n) is 3.60. The minimum absolute atomic E-state index is 0.0313. The van der Waals surface area contributed by atoms with Gasteiger partial charge in [0.25, 0.3) is 0 Å². The number of nitrogens with two attached hydrogens (primary N) is 1. The van der Waals surface area contributed by atoms with Crippen molar-refractivity contribution in [3.05, 3.63) is 59.7 Å². The van der Waals surface area contributed by atoms with Crippen LogP contribution >= 0.6 is 0 Å². The predicted octanol–water partition coefficient (Wildman–Crippen LogP) is 6.81. The summed E-state index contributed by atoms with van der Waals surface area (Å²) in [6.45, 7) is 14.9. The van der Waals surface area contributed by atoms with Crippen LogP contribution in [0.2, 0.25) is 0 Å². The van der Waals surface area contributed by atoms with Crippen LogP contribution in [0.25, 0.3) is 0 Å². The van der Waals surface area contributed by atoms with Gasteiger partial charge in [0.15, 0.2) is 5.78 Å². The van der Waals surface area contributed by atoms with E-state index in [1.54, 1.807) is 13.8 Å². The number of Topliss-reactive ketones (excluding diaryl/α,β-unsaturated/α-hetero) is 4. The van der Waals surface area contributed by atoms with Gasteiger partial charge in [0.1, 0.15) is 17.3 Å².